The normalized spacial score (nSPS) is 11.4. The molecule has 1 heterocycles. The van der Waals surface area contributed by atoms with Gasteiger partial charge in [-0.15, -0.1) is 0 Å². The van der Waals surface area contributed by atoms with Crippen LogP contribution in [0, 0.1) is 5.92 Å². The average molecular weight is 300 g/mol. The Morgan fingerprint density at radius 1 is 1.14 bits per heavy atom. The van der Waals surface area contributed by atoms with Crippen molar-refractivity contribution in [3.63, 3.8) is 0 Å². The minimum atomic E-state index is 0.585. The van der Waals surface area contributed by atoms with Gasteiger partial charge in [0.1, 0.15) is 6.33 Å². The van der Waals surface area contributed by atoms with E-state index in [-0.39, 0.29) is 0 Å². The lowest BCUT2D eigenvalue weighted by molar-refractivity contribution is 0.0225. The third-order valence-corrected chi connectivity index (χ3v) is 2.69. The highest BCUT2D eigenvalue weighted by Gasteiger charge is 2.01. The number of nitrogens with one attached hydrogen (secondary N) is 1. The van der Waals surface area contributed by atoms with Gasteiger partial charge in [-0.05, 0) is 12.5 Å². The van der Waals surface area contributed by atoms with E-state index in [0.717, 1.165) is 12.4 Å². The minimum absolute atomic E-state index is 0.585. The van der Waals surface area contributed by atoms with Crippen LogP contribution in [-0.4, -0.2) is 61.5 Å². The van der Waals surface area contributed by atoms with E-state index in [1.807, 2.05) is 0 Å². The Morgan fingerprint density at radius 2 is 1.86 bits per heavy atom. The van der Waals surface area contributed by atoms with Crippen molar-refractivity contribution in [2.75, 3.05) is 46.7 Å². The van der Waals surface area contributed by atoms with E-state index in [1.165, 1.54) is 0 Å². The van der Waals surface area contributed by atoms with Gasteiger partial charge in [0.25, 0.3) is 0 Å². The third kappa shape index (κ3) is 9.52. The minimum Gasteiger partial charge on any atom is -0.382 e. The van der Waals surface area contributed by atoms with Gasteiger partial charge in [0.05, 0.1) is 46.1 Å². The molecule has 0 aliphatic heterocycles. The van der Waals surface area contributed by atoms with Crippen molar-refractivity contribution in [1.29, 1.82) is 0 Å². The molecule has 0 amide bonds. The molecule has 0 radical (unpaired) electrons. The van der Waals surface area contributed by atoms with Crippen molar-refractivity contribution in [3.8, 4) is 0 Å². The largest absolute Gasteiger partial charge is 0.382 e. The SMILES string of the molecule is COCCOCCOCCn1cnc(CNCC(C)C)n1. The fourth-order valence-corrected chi connectivity index (χ4v) is 1.62. The summed E-state index contributed by atoms with van der Waals surface area (Å²) in [6.07, 6.45) is 1.74. The predicted molar refractivity (Wildman–Crippen MR) is 80.1 cm³/mol. The van der Waals surface area contributed by atoms with Gasteiger partial charge in [0.2, 0.25) is 0 Å². The monoisotopic (exact) mass is 300 g/mol. The van der Waals surface area contributed by atoms with E-state index < -0.39 is 0 Å². The number of hydrogen-bond donors (Lipinski definition) is 1. The van der Waals surface area contributed by atoms with Gasteiger partial charge in [0, 0.05) is 7.11 Å². The fraction of sp³-hybridized carbons (Fsp3) is 0.857. The molecular formula is C14H28N4O3. The number of nitrogens with zero attached hydrogens (tertiary/aromatic N) is 3. The van der Waals surface area contributed by atoms with E-state index >= 15 is 0 Å². The molecule has 1 aromatic rings. The van der Waals surface area contributed by atoms with Gasteiger partial charge in [-0.3, -0.25) is 4.68 Å². The van der Waals surface area contributed by atoms with Crippen LogP contribution in [0.2, 0.25) is 0 Å². The summed E-state index contributed by atoms with van der Waals surface area (Å²) >= 11 is 0. The van der Waals surface area contributed by atoms with Crippen LogP contribution in [0.1, 0.15) is 19.7 Å². The first-order valence-corrected chi connectivity index (χ1v) is 7.46. The highest BCUT2D eigenvalue weighted by Crippen LogP contribution is 1.93. The summed E-state index contributed by atoms with van der Waals surface area (Å²) in [6, 6.07) is 0. The van der Waals surface area contributed by atoms with Crippen LogP contribution in [0.15, 0.2) is 6.33 Å². The first-order valence-electron chi connectivity index (χ1n) is 7.46. The molecule has 0 atom stereocenters. The van der Waals surface area contributed by atoms with Gasteiger partial charge in [0.15, 0.2) is 5.82 Å². The molecule has 0 saturated carbocycles. The van der Waals surface area contributed by atoms with Crippen molar-refractivity contribution in [1.82, 2.24) is 20.1 Å². The molecule has 7 nitrogen and oxygen atoms in total. The van der Waals surface area contributed by atoms with E-state index in [0.29, 0.717) is 52.0 Å². The van der Waals surface area contributed by atoms with Crippen LogP contribution in [0.3, 0.4) is 0 Å². The van der Waals surface area contributed by atoms with E-state index in [2.05, 4.69) is 29.2 Å². The lowest BCUT2D eigenvalue weighted by Gasteiger charge is -2.05. The number of rotatable bonds is 13. The third-order valence-electron chi connectivity index (χ3n) is 2.69. The van der Waals surface area contributed by atoms with Gasteiger partial charge >= 0.3 is 0 Å². The molecule has 7 heteroatoms. The maximum Gasteiger partial charge on any atom is 0.164 e. The predicted octanol–water partition coefficient (Wildman–Crippen LogP) is 0.703. The fourth-order valence-electron chi connectivity index (χ4n) is 1.62. The average Bonchev–Trinajstić information content (AvgIpc) is 2.89. The van der Waals surface area contributed by atoms with E-state index in [4.69, 9.17) is 14.2 Å². The van der Waals surface area contributed by atoms with Crippen LogP contribution >= 0.6 is 0 Å². The Hall–Kier alpha value is -1.02. The zero-order valence-corrected chi connectivity index (χ0v) is 13.4. The second kappa shape index (κ2) is 11.6. The second-order valence-electron chi connectivity index (χ2n) is 5.17. The number of ether oxygens (including phenoxy) is 3. The molecule has 0 bridgehead atoms. The molecular weight excluding hydrogens is 272 g/mol. The first kappa shape index (κ1) is 18.0. The molecule has 0 aromatic carbocycles. The molecule has 122 valence electrons. The van der Waals surface area contributed by atoms with Gasteiger partial charge < -0.3 is 19.5 Å². The summed E-state index contributed by atoms with van der Waals surface area (Å²) in [5, 5.41) is 7.70. The highest BCUT2D eigenvalue weighted by molar-refractivity contribution is 4.80. The molecule has 0 unspecified atom stereocenters. The first-order chi connectivity index (χ1) is 10.2. The van der Waals surface area contributed by atoms with Gasteiger partial charge in [-0.2, -0.15) is 5.10 Å². The van der Waals surface area contributed by atoms with Crippen molar-refractivity contribution >= 4 is 0 Å². The van der Waals surface area contributed by atoms with Gasteiger partial charge in [-0.1, -0.05) is 13.8 Å². The van der Waals surface area contributed by atoms with Crippen LogP contribution in [-0.2, 0) is 27.3 Å². The summed E-state index contributed by atoms with van der Waals surface area (Å²) in [5.74, 6) is 1.45. The number of methoxy groups -OCH3 is 1. The van der Waals surface area contributed by atoms with Crippen molar-refractivity contribution in [3.05, 3.63) is 12.2 Å². The topological polar surface area (TPSA) is 70.4 Å². The van der Waals surface area contributed by atoms with Crippen LogP contribution in [0.5, 0.6) is 0 Å². The lowest BCUT2D eigenvalue weighted by atomic mass is 10.2. The summed E-state index contributed by atoms with van der Waals surface area (Å²) in [6.45, 7) is 9.74. The molecule has 0 aliphatic rings. The summed E-state index contributed by atoms with van der Waals surface area (Å²) in [4.78, 5) is 4.26. The summed E-state index contributed by atoms with van der Waals surface area (Å²) in [7, 11) is 1.66. The van der Waals surface area contributed by atoms with Crippen LogP contribution in [0.25, 0.3) is 0 Å². The Morgan fingerprint density at radius 3 is 2.57 bits per heavy atom. The molecule has 0 aliphatic carbocycles. The molecule has 1 rings (SSSR count). The summed E-state index contributed by atoms with van der Waals surface area (Å²) in [5.41, 5.74) is 0. The Balaban J connectivity index is 2.01. The van der Waals surface area contributed by atoms with Gasteiger partial charge in [-0.25, -0.2) is 4.98 Å². The standard InChI is InChI=1S/C14H28N4O3/c1-13(2)10-15-11-14-16-12-18(17-14)4-5-20-8-9-21-7-6-19-3/h12-13,15H,4-11H2,1-3H3. The maximum atomic E-state index is 5.47. The quantitative estimate of drug-likeness (QED) is 0.541. The Kier molecular flexibility index (Phi) is 9.98. The smallest absolute Gasteiger partial charge is 0.164 e. The number of hydrogen-bond acceptors (Lipinski definition) is 6. The van der Waals surface area contributed by atoms with E-state index in [9.17, 15) is 0 Å². The molecule has 0 saturated heterocycles. The van der Waals surface area contributed by atoms with Crippen molar-refractivity contribution in [2.45, 2.75) is 26.9 Å². The molecule has 0 fully saturated rings. The van der Waals surface area contributed by atoms with E-state index in [1.54, 1.807) is 18.1 Å². The summed E-state index contributed by atoms with van der Waals surface area (Å²) < 4.78 is 17.5. The lowest BCUT2D eigenvalue weighted by Crippen LogP contribution is -2.20. The molecule has 1 N–H and O–H groups in total. The zero-order valence-electron chi connectivity index (χ0n) is 13.4. The van der Waals surface area contributed by atoms with Crippen LogP contribution < -0.4 is 5.32 Å². The van der Waals surface area contributed by atoms with Crippen LogP contribution in [0.4, 0.5) is 0 Å². The van der Waals surface area contributed by atoms with Crippen molar-refractivity contribution < 1.29 is 14.2 Å². The highest BCUT2D eigenvalue weighted by atomic mass is 16.5. The zero-order chi connectivity index (χ0) is 15.3. The molecule has 0 spiro atoms. The Labute approximate surface area is 127 Å². The Bertz CT molecular complexity index is 358. The molecule has 21 heavy (non-hydrogen) atoms. The number of aromatic nitrogens is 3. The molecule has 1 aromatic heterocycles. The maximum absolute atomic E-state index is 5.47. The second-order valence-corrected chi connectivity index (χ2v) is 5.17. The van der Waals surface area contributed by atoms with Crippen molar-refractivity contribution in [2.24, 2.45) is 5.92 Å².